The average Bonchev–Trinajstić information content (AvgIpc) is 2.72. The van der Waals surface area contributed by atoms with Gasteiger partial charge < -0.3 is 4.74 Å². The molecule has 2 aromatic rings. The molecule has 0 saturated carbocycles. The molecule has 0 aliphatic heterocycles. The van der Waals surface area contributed by atoms with Gasteiger partial charge in [0.1, 0.15) is 0 Å². The number of aryl methyl sites for hydroxylation is 1. The molecule has 0 unspecified atom stereocenters. The average molecular weight is 260 g/mol. The van der Waals surface area contributed by atoms with Gasteiger partial charge in [-0.05, 0) is 25.8 Å². The second-order valence-corrected chi connectivity index (χ2v) is 4.17. The van der Waals surface area contributed by atoms with Crippen molar-refractivity contribution < 1.29 is 9.53 Å². The van der Waals surface area contributed by atoms with Gasteiger partial charge in [0.2, 0.25) is 0 Å². The van der Waals surface area contributed by atoms with Crippen LogP contribution in [0.3, 0.4) is 0 Å². The van der Waals surface area contributed by atoms with Gasteiger partial charge in [-0.2, -0.15) is 5.10 Å². The fraction of sp³-hybridized carbons (Fsp3) is 0.385. The second kappa shape index (κ2) is 5.17. The number of methoxy groups -OCH3 is 1. The van der Waals surface area contributed by atoms with E-state index in [-0.39, 0.29) is 5.69 Å². The summed E-state index contributed by atoms with van der Waals surface area (Å²) in [5.41, 5.74) is 3.33. The molecule has 0 N–H and O–H groups in total. The monoisotopic (exact) mass is 260 g/mol. The molecule has 0 bridgehead atoms. The van der Waals surface area contributed by atoms with E-state index in [0.717, 1.165) is 17.8 Å². The van der Waals surface area contributed by atoms with Crippen LogP contribution >= 0.6 is 0 Å². The minimum atomic E-state index is -0.508. The molecule has 0 spiro atoms. The summed E-state index contributed by atoms with van der Waals surface area (Å²) in [5, 5.41) is 4.44. The topological polar surface area (TPSA) is 69.9 Å². The molecule has 2 aromatic heterocycles. The number of hydrogen-bond acceptors (Lipinski definition) is 5. The lowest BCUT2D eigenvalue weighted by molar-refractivity contribution is 0.0593. The van der Waals surface area contributed by atoms with Crippen LogP contribution in [-0.4, -0.2) is 32.8 Å². The van der Waals surface area contributed by atoms with E-state index in [1.807, 2.05) is 13.8 Å². The van der Waals surface area contributed by atoms with Crippen LogP contribution in [0, 0.1) is 13.8 Å². The maximum Gasteiger partial charge on any atom is 0.358 e. The summed E-state index contributed by atoms with van der Waals surface area (Å²) in [5.74, 6) is 0.00907. The SMILES string of the molecule is CCc1c(C)nn(-c2cncc(C(=O)OC)n2)c1C. The molecule has 0 fully saturated rings. The van der Waals surface area contributed by atoms with E-state index < -0.39 is 5.97 Å². The Morgan fingerprint density at radius 3 is 2.68 bits per heavy atom. The number of aromatic nitrogens is 4. The second-order valence-electron chi connectivity index (χ2n) is 4.17. The first-order chi connectivity index (χ1) is 9.08. The summed E-state index contributed by atoms with van der Waals surface area (Å²) in [6.45, 7) is 6.02. The van der Waals surface area contributed by atoms with E-state index in [1.165, 1.54) is 18.9 Å². The number of hydrogen-bond donors (Lipinski definition) is 0. The quantitative estimate of drug-likeness (QED) is 0.784. The summed E-state index contributed by atoms with van der Waals surface area (Å²) in [6, 6.07) is 0. The first kappa shape index (κ1) is 13.2. The van der Waals surface area contributed by atoms with Crippen LogP contribution in [0.1, 0.15) is 34.4 Å². The summed E-state index contributed by atoms with van der Waals surface area (Å²) in [7, 11) is 1.31. The normalized spacial score (nSPS) is 10.5. The van der Waals surface area contributed by atoms with Gasteiger partial charge in [-0.3, -0.25) is 4.98 Å². The fourth-order valence-electron chi connectivity index (χ4n) is 2.07. The lowest BCUT2D eigenvalue weighted by atomic mass is 10.1. The van der Waals surface area contributed by atoms with Gasteiger partial charge in [-0.15, -0.1) is 0 Å². The summed E-state index contributed by atoms with van der Waals surface area (Å²) < 4.78 is 6.34. The third-order valence-corrected chi connectivity index (χ3v) is 3.03. The van der Waals surface area contributed by atoms with Crippen molar-refractivity contribution in [1.29, 1.82) is 0 Å². The lowest BCUT2D eigenvalue weighted by Gasteiger charge is -2.05. The van der Waals surface area contributed by atoms with Crippen molar-refractivity contribution >= 4 is 5.97 Å². The van der Waals surface area contributed by atoms with Crippen LogP contribution in [0.5, 0.6) is 0 Å². The Labute approximate surface area is 111 Å². The molecule has 0 aliphatic carbocycles. The van der Waals surface area contributed by atoms with Gasteiger partial charge in [0.05, 0.1) is 25.2 Å². The molecule has 0 aromatic carbocycles. The first-order valence-corrected chi connectivity index (χ1v) is 6.04. The van der Waals surface area contributed by atoms with Crippen molar-refractivity contribution in [3.8, 4) is 5.82 Å². The van der Waals surface area contributed by atoms with E-state index in [0.29, 0.717) is 5.82 Å². The molecule has 0 radical (unpaired) electrons. The third kappa shape index (κ3) is 2.33. The minimum absolute atomic E-state index is 0.172. The maximum absolute atomic E-state index is 11.5. The number of rotatable bonds is 3. The number of ether oxygens (including phenoxy) is 1. The van der Waals surface area contributed by atoms with Crippen molar-refractivity contribution in [3.63, 3.8) is 0 Å². The highest BCUT2D eigenvalue weighted by Crippen LogP contribution is 2.16. The molecule has 0 atom stereocenters. The smallest absolute Gasteiger partial charge is 0.358 e. The first-order valence-electron chi connectivity index (χ1n) is 6.04. The molecule has 6 heteroatoms. The van der Waals surface area contributed by atoms with E-state index in [4.69, 9.17) is 0 Å². The Bertz CT molecular complexity index is 619. The molecule has 100 valence electrons. The van der Waals surface area contributed by atoms with E-state index in [9.17, 15) is 4.79 Å². The van der Waals surface area contributed by atoms with Gasteiger partial charge in [-0.25, -0.2) is 14.5 Å². The third-order valence-electron chi connectivity index (χ3n) is 3.03. The zero-order valence-electron chi connectivity index (χ0n) is 11.5. The number of nitrogens with zero attached hydrogens (tertiary/aromatic N) is 4. The predicted molar refractivity (Wildman–Crippen MR) is 69.3 cm³/mol. The standard InChI is InChI=1S/C13H16N4O2/c1-5-10-8(2)16-17(9(10)3)12-7-14-6-11(15-12)13(18)19-4/h6-7H,5H2,1-4H3. The van der Waals surface area contributed by atoms with Crippen molar-refractivity contribution in [2.75, 3.05) is 7.11 Å². The zero-order valence-corrected chi connectivity index (χ0v) is 11.5. The summed E-state index contributed by atoms with van der Waals surface area (Å²) >= 11 is 0. The van der Waals surface area contributed by atoms with Crippen molar-refractivity contribution in [2.45, 2.75) is 27.2 Å². The number of carbonyl (C=O) groups excluding carboxylic acids is 1. The molecular weight excluding hydrogens is 244 g/mol. The van der Waals surface area contributed by atoms with Gasteiger partial charge in [-0.1, -0.05) is 6.92 Å². The summed E-state index contributed by atoms with van der Waals surface area (Å²) in [6.07, 6.45) is 3.86. The molecule has 0 amide bonds. The molecular formula is C13H16N4O2. The summed E-state index contributed by atoms with van der Waals surface area (Å²) in [4.78, 5) is 19.7. The fourth-order valence-corrected chi connectivity index (χ4v) is 2.07. The van der Waals surface area contributed by atoms with Gasteiger partial charge >= 0.3 is 5.97 Å². The van der Waals surface area contributed by atoms with E-state index in [1.54, 1.807) is 10.9 Å². The van der Waals surface area contributed by atoms with Crippen LogP contribution in [-0.2, 0) is 11.2 Å². The predicted octanol–water partition coefficient (Wildman–Crippen LogP) is 1.63. The van der Waals surface area contributed by atoms with Crippen LogP contribution < -0.4 is 0 Å². The maximum atomic E-state index is 11.5. The zero-order chi connectivity index (χ0) is 14.0. The van der Waals surface area contributed by atoms with Gasteiger partial charge in [0.25, 0.3) is 0 Å². The number of esters is 1. The Hall–Kier alpha value is -2.24. The van der Waals surface area contributed by atoms with E-state index in [2.05, 4.69) is 26.7 Å². The Morgan fingerprint density at radius 1 is 1.37 bits per heavy atom. The molecule has 2 heterocycles. The van der Waals surface area contributed by atoms with Crippen LogP contribution in [0.15, 0.2) is 12.4 Å². The Balaban J connectivity index is 2.50. The largest absolute Gasteiger partial charge is 0.464 e. The van der Waals surface area contributed by atoms with Crippen LogP contribution in [0.4, 0.5) is 0 Å². The number of carbonyl (C=O) groups is 1. The lowest BCUT2D eigenvalue weighted by Crippen LogP contribution is -2.10. The molecule has 0 aliphatic rings. The van der Waals surface area contributed by atoms with E-state index >= 15 is 0 Å². The molecule has 2 rings (SSSR count). The van der Waals surface area contributed by atoms with Crippen molar-refractivity contribution in [2.24, 2.45) is 0 Å². The van der Waals surface area contributed by atoms with Crippen LogP contribution in [0.25, 0.3) is 5.82 Å². The van der Waals surface area contributed by atoms with Crippen molar-refractivity contribution in [3.05, 3.63) is 35.0 Å². The molecule has 6 nitrogen and oxygen atoms in total. The van der Waals surface area contributed by atoms with Gasteiger partial charge in [0, 0.05) is 5.69 Å². The van der Waals surface area contributed by atoms with Crippen molar-refractivity contribution in [1.82, 2.24) is 19.7 Å². The molecule has 0 saturated heterocycles. The highest BCUT2D eigenvalue weighted by Gasteiger charge is 2.14. The van der Waals surface area contributed by atoms with Crippen LogP contribution in [0.2, 0.25) is 0 Å². The van der Waals surface area contributed by atoms with Gasteiger partial charge in [0.15, 0.2) is 11.5 Å². The Kier molecular flexibility index (Phi) is 3.59. The minimum Gasteiger partial charge on any atom is -0.464 e. The molecule has 19 heavy (non-hydrogen) atoms. The highest BCUT2D eigenvalue weighted by molar-refractivity contribution is 5.86. The Morgan fingerprint density at radius 2 is 2.11 bits per heavy atom. The highest BCUT2D eigenvalue weighted by atomic mass is 16.5.